The van der Waals surface area contributed by atoms with Crippen molar-refractivity contribution in [3.05, 3.63) is 24.3 Å². The summed E-state index contributed by atoms with van der Waals surface area (Å²) in [6.45, 7) is 3.45. The Morgan fingerprint density at radius 3 is 2.62 bits per heavy atom. The first-order chi connectivity index (χ1) is 3.81. The van der Waals surface area contributed by atoms with Crippen LogP contribution in [0.15, 0.2) is 24.3 Å². The minimum atomic E-state index is 0.516. The maximum atomic E-state index is 9.85. The average Bonchev–Trinajstić information content (AvgIpc) is 1.83. The van der Waals surface area contributed by atoms with Gasteiger partial charge in [0.1, 0.15) is 0 Å². The fourth-order valence-electron chi connectivity index (χ4n) is 0.202. The molecule has 0 saturated carbocycles. The molecule has 0 radical (unpaired) electrons. The number of aldehydes is 1. The average molecular weight is 278 g/mol. The van der Waals surface area contributed by atoms with Gasteiger partial charge in [-0.3, -0.25) is 0 Å². The van der Waals surface area contributed by atoms with Crippen molar-refractivity contribution in [2.75, 3.05) is 0 Å². The van der Waals surface area contributed by atoms with Crippen molar-refractivity contribution in [2.45, 2.75) is 0 Å². The van der Waals surface area contributed by atoms with E-state index in [1.807, 2.05) is 10.5 Å². The summed E-state index contributed by atoms with van der Waals surface area (Å²) in [7, 11) is 0. The molecular weight excluding hydrogens is 272 g/mol. The topological polar surface area (TPSA) is 17.1 Å². The molecule has 42 valence electrons. The number of carbonyl (C=O) groups is 1. The molecule has 0 aliphatic heterocycles. The monoisotopic (exact) mass is 278 g/mol. The molecule has 0 saturated heterocycles. The van der Waals surface area contributed by atoms with E-state index in [0.29, 0.717) is 5.57 Å². The van der Waals surface area contributed by atoms with E-state index < -0.39 is 0 Å². The van der Waals surface area contributed by atoms with Crippen molar-refractivity contribution in [3.8, 4) is 0 Å². The molecule has 0 amide bonds. The molecule has 0 rings (SSSR count). The number of carbonyl (C=O) groups excluding carboxylic acids is 1. The molecule has 0 N–H and O–H groups in total. The van der Waals surface area contributed by atoms with Crippen LogP contribution in [0.4, 0.5) is 0 Å². The normalized spacial score (nSPS) is 9.00. The van der Waals surface area contributed by atoms with E-state index in [1.54, 1.807) is 6.08 Å². The van der Waals surface area contributed by atoms with Gasteiger partial charge in [-0.1, -0.05) is 0 Å². The van der Waals surface area contributed by atoms with Gasteiger partial charge < -0.3 is 0 Å². The van der Waals surface area contributed by atoms with Crippen molar-refractivity contribution >= 4 is 10.7 Å². The Bertz CT molecular complexity index is 135. The van der Waals surface area contributed by atoms with Gasteiger partial charge in [-0.05, 0) is 0 Å². The predicted octanol–water partition coefficient (Wildman–Crippen LogP) is 0.647. The van der Waals surface area contributed by atoms with E-state index in [9.17, 15) is 4.79 Å². The van der Waals surface area contributed by atoms with E-state index in [2.05, 4.69) is 6.58 Å². The van der Waals surface area contributed by atoms with E-state index in [0.717, 1.165) is 6.29 Å². The molecule has 0 spiro atoms. The molecule has 0 unspecified atom stereocenters. The third-order valence-electron chi connectivity index (χ3n) is 0.540. The van der Waals surface area contributed by atoms with Crippen molar-refractivity contribution in [2.24, 2.45) is 0 Å². The molecule has 8 heavy (non-hydrogen) atoms. The minimum absolute atomic E-state index is 0.516. The van der Waals surface area contributed by atoms with E-state index in [4.69, 9.17) is 0 Å². The van der Waals surface area contributed by atoms with Crippen LogP contribution in [0.2, 0.25) is 0 Å². The number of hydrogen-bond acceptors (Lipinski definition) is 1. The standard InChI is InChI=1S/C6H6O.W/c1-3-4-6(2)5-7;/h1,3-5H,2H2;. The molecule has 1 nitrogen and oxygen atoms in total. The van der Waals surface area contributed by atoms with Crippen LogP contribution >= 0.6 is 0 Å². The Morgan fingerprint density at radius 2 is 2.25 bits per heavy atom. The SMILES string of the molecule is C=C(C=O)C=C[CH]=[W]. The van der Waals surface area contributed by atoms with Gasteiger partial charge in [0.25, 0.3) is 0 Å². The third-order valence-corrected chi connectivity index (χ3v) is 1.10. The van der Waals surface area contributed by atoms with Crippen LogP contribution in [0.1, 0.15) is 0 Å². The van der Waals surface area contributed by atoms with Gasteiger partial charge in [0, 0.05) is 0 Å². The van der Waals surface area contributed by atoms with E-state index in [-0.39, 0.29) is 0 Å². The zero-order chi connectivity index (χ0) is 6.41. The molecule has 0 aliphatic carbocycles. The van der Waals surface area contributed by atoms with E-state index in [1.165, 1.54) is 19.4 Å². The van der Waals surface area contributed by atoms with Gasteiger partial charge >= 0.3 is 59.1 Å². The van der Waals surface area contributed by atoms with Crippen LogP contribution < -0.4 is 0 Å². The van der Waals surface area contributed by atoms with Crippen molar-refractivity contribution in [3.63, 3.8) is 0 Å². The summed E-state index contributed by atoms with van der Waals surface area (Å²) in [5.41, 5.74) is 0.516. The van der Waals surface area contributed by atoms with Gasteiger partial charge in [0.15, 0.2) is 0 Å². The van der Waals surface area contributed by atoms with Gasteiger partial charge in [0.05, 0.1) is 0 Å². The summed E-state index contributed by atoms with van der Waals surface area (Å²) in [4.78, 5) is 9.85. The van der Waals surface area contributed by atoms with Crippen molar-refractivity contribution < 1.29 is 24.1 Å². The van der Waals surface area contributed by atoms with Crippen LogP contribution in [0.25, 0.3) is 0 Å². The molecule has 0 heterocycles. The summed E-state index contributed by atoms with van der Waals surface area (Å²) >= 11 is 1.37. The first kappa shape index (κ1) is 7.71. The summed E-state index contributed by atoms with van der Waals surface area (Å²) in [5.74, 6) is 0. The first-order valence-electron chi connectivity index (χ1n) is 2.07. The Labute approximate surface area is 59.5 Å². The summed E-state index contributed by atoms with van der Waals surface area (Å²) in [5, 5.41) is 0. The second-order valence-corrected chi connectivity index (χ2v) is 2.17. The Hall–Kier alpha value is -0.292. The summed E-state index contributed by atoms with van der Waals surface area (Å²) in [6, 6.07) is 0. The van der Waals surface area contributed by atoms with Crippen LogP contribution in [0, 0.1) is 0 Å². The Morgan fingerprint density at radius 1 is 1.62 bits per heavy atom. The predicted molar refractivity (Wildman–Crippen MR) is 30.4 cm³/mol. The van der Waals surface area contributed by atoms with Crippen LogP contribution in [-0.2, 0) is 24.1 Å². The molecule has 0 aromatic carbocycles. The molecule has 0 atom stereocenters. The van der Waals surface area contributed by atoms with Crippen LogP contribution in [0.3, 0.4) is 0 Å². The second-order valence-electron chi connectivity index (χ2n) is 1.19. The first-order valence-corrected chi connectivity index (χ1v) is 3.76. The molecule has 0 bridgehead atoms. The van der Waals surface area contributed by atoms with Gasteiger partial charge in [-0.15, -0.1) is 0 Å². The Balaban J connectivity index is 3.69. The summed E-state index contributed by atoms with van der Waals surface area (Å²) in [6.07, 6.45) is 4.22. The van der Waals surface area contributed by atoms with Crippen molar-refractivity contribution in [1.29, 1.82) is 0 Å². The molecule has 0 aromatic heterocycles. The zero-order valence-electron chi connectivity index (χ0n) is 4.33. The molecule has 2 heteroatoms. The number of allylic oxidation sites excluding steroid dienone is 3. The van der Waals surface area contributed by atoms with Gasteiger partial charge in [-0.25, -0.2) is 0 Å². The maximum absolute atomic E-state index is 9.85. The Kier molecular flexibility index (Phi) is 4.68. The number of rotatable bonds is 3. The molecule has 0 aliphatic rings. The fourth-order valence-corrected chi connectivity index (χ4v) is 0.484. The quantitative estimate of drug-likeness (QED) is 0.421. The van der Waals surface area contributed by atoms with Gasteiger partial charge in [-0.2, -0.15) is 0 Å². The third kappa shape index (κ3) is 3.88. The van der Waals surface area contributed by atoms with E-state index >= 15 is 0 Å². The van der Waals surface area contributed by atoms with Crippen LogP contribution in [-0.4, -0.2) is 10.7 Å². The van der Waals surface area contributed by atoms with Crippen molar-refractivity contribution in [1.82, 2.24) is 0 Å². The van der Waals surface area contributed by atoms with Crippen LogP contribution in [0.5, 0.6) is 0 Å². The fraction of sp³-hybridized carbons (Fsp3) is 0. The molecular formula is C6H6OW. The number of hydrogen-bond donors (Lipinski definition) is 0. The molecule has 0 fully saturated rings. The van der Waals surface area contributed by atoms with Gasteiger partial charge in [0.2, 0.25) is 0 Å². The summed E-state index contributed by atoms with van der Waals surface area (Å²) < 4.78 is 1.93. The molecule has 0 aromatic rings. The second kappa shape index (κ2) is 4.86. The zero-order valence-corrected chi connectivity index (χ0v) is 7.27.